The number of aryl methyl sites for hydroxylation is 1. The summed E-state index contributed by atoms with van der Waals surface area (Å²) < 4.78 is 0. The summed E-state index contributed by atoms with van der Waals surface area (Å²) >= 11 is 0. The van der Waals surface area contributed by atoms with Crippen molar-refractivity contribution in [3.05, 3.63) is 29.8 Å². The van der Waals surface area contributed by atoms with Crippen LogP contribution in [0.5, 0.6) is 0 Å². The van der Waals surface area contributed by atoms with E-state index in [1.807, 2.05) is 31.2 Å². The van der Waals surface area contributed by atoms with Gasteiger partial charge in [-0.2, -0.15) is 0 Å². The van der Waals surface area contributed by atoms with Crippen LogP contribution in [-0.4, -0.2) is 11.5 Å². The lowest BCUT2D eigenvalue weighted by molar-refractivity contribution is 0.274. The van der Waals surface area contributed by atoms with Crippen molar-refractivity contribution >= 4 is 14.9 Å². The molecule has 60 valence electrons. The molecule has 2 nitrogen and oxygen atoms in total. The number of rotatable bonds is 2. The molecule has 1 aromatic carbocycles. The third kappa shape index (κ3) is 2.18. The van der Waals surface area contributed by atoms with Crippen LogP contribution in [0.4, 0.5) is 5.69 Å². The summed E-state index contributed by atoms with van der Waals surface area (Å²) in [6.45, 7) is 2.02. The van der Waals surface area contributed by atoms with Crippen LogP contribution in [0, 0.1) is 6.92 Å². The minimum Gasteiger partial charge on any atom is -0.288 e. The number of hydroxylamine groups is 1. The number of nitrogens with zero attached hydrogens (tertiary/aromatic N) is 1. The van der Waals surface area contributed by atoms with E-state index in [1.165, 1.54) is 10.6 Å². The van der Waals surface area contributed by atoms with Gasteiger partial charge in [-0.05, 0) is 19.1 Å². The first kappa shape index (κ1) is 8.51. The molecule has 0 saturated carbocycles. The highest BCUT2D eigenvalue weighted by molar-refractivity contribution is 7.16. The van der Waals surface area contributed by atoms with Crippen molar-refractivity contribution in [1.29, 1.82) is 0 Å². The van der Waals surface area contributed by atoms with E-state index in [4.69, 9.17) is 0 Å². The van der Waals surface area contributed by atoms with E-state index in [2.05, 4.69) is 9.24 Å². The van der Waals surface area contributed by atoms with Crippen LogP contribution in [0.3, 0.4) is 0 Å². The summed E-state index contributed by atoms with van der Waals surface area (Å²) in [5.41, 5.74) is 2.02. The Kier molecular flexibility index (Phi) is 2.86. The minimum atomic E-state index is 0.531. The van der Waals surface area contributed by atoms with Crippen LogP contribution < -0.4 is 5.06 Å². The van der Waals surface area contributed by atoms with Gasteiger partial charge in [0.2, 0.25) is 0 Å². The van der Waals surface area contributed by atoms with Gasteiger partial charge < -0.3 is 0 Å². The van der Waals surface area contributed by atoms with Crippen LogP contribution in [0.25, 0.3) is 0 Å². The molecule has 0 bridgehead atoms. The molecule has 0 heterocycles. The van der Waals surface area contributed by atoms with Crippen molar-refractivity contribution in [3.8, 4) is 0 Å². The van der Waals surface area contributed by atoms with Crippen LogP contribution in [-0.2, 0) is 0 Å². The van der Waals surface area contributed by atoms with Crippen LogP contribution in [0.2, 0.25) is 0 Å². The quantitative estimate of drug-likeness (QED) is 0.540. The third-order valence-corrected chi connectivity index (χ3v) is 1.85. The lowest BCUT2D eigenvalue weighted by atomic mass is 10.2. The van der Waals surface area contributed by atoms with Crippen LogP contribution >= 0.6 is 9.24 Å². The van der Waals surface area contributed by atoms with Gasteiger partial charge >= 0.3 is 0 Å². The average molecular weight is 169 g/mol. The van der Waals surface area contributed by atoms with E-state index in [1.54, 1.807) is 0 Å². The fourth-order valence-electron chi connectivity index (χ4n) is 0.822. The Morgan fingerprint density at radius 3 is 2.36 bits per heavy atom. The number of hydrogen-bond acceptors (Lipinski definition) is 2. The second kappa shape index (κ2) is 3.70. The van der Waals surface area contributed by atoms with Crippen molar-refractivity contribution in [3.63, 3.8) is 0 Å². The van der Waals surface area contributed by atoms with Crippen molar-refractivity contribution in [2.75, 3.05) is 11.3 Å². The molecule has 11 heavy (non-hydrogen) atoms. The molecule has 0 spiro atoms. The summed E-state index contributed by atoms with van der Waals surface area (Å²) in [6, 6.07) is 7.72. The van der Waals surface area contributed by atoms with Gasteiger partial charge in [-0.3, -0.25) is 10.3 Å². The maximum Gasteiger partial charge on any atom is 0.0638 e. The van der Waals surface area contributed by atoms with Gasteiger partial charge in [0.25, 0.3) is 0 Å². The third-order valence-electron chi connectivity index (χ3n) is 1.50. The standard InChI is InChI=1S/C8H12NOP/c1-7-2-4-8(5-3-7)9(10)6-11/h2-5,10H,6,11H2,1H3. The molecule has 1 atom stereocenters. The lowest BCUT2D eigenvalue weighted by Crippen LogP contribution is -2.14. The Morgan fingerprint density at radius 2 is 1.91 bits per heavy atom. The molecule has 1 unspecified atom stereocenters. The van der Waals surface area contributed by atoms with Gasteiger partial charge in [0.1, 0.15) is 0 Å². The molecule has 1 aromatic rings. The van der Waals surface area contributed by atoms with Crippen LogP contribution in [0.15, 0.2) is 24.3 Å². The first-order chi connectivity index (χ1) is 5.24. The normalized spacial score (nSPS) is 9.73. The molecule has 0 aliphatic heterocycles. The van der Waals surface area contributed by atoms with E-state index >= 15 is 0 Å². The van der Waals surface area contributed by atoms with Gasteiger partial charge in [-0.1, -0.05) is 17.7 Å². The van der Waals surface area contributed by atoms with E-state index < -0.39 is 0 Å². The molecule has 0 fully saturated rings. The maximum atomic E-state index is 9.23. The van der Waals surface area contributed by atoms with Crippen molar-refractivity contribution < 1.29 is 5.21 Å². The molecular weight excluding hydrogens is 157 g/mol. The Balaban J connectivity index is 2.81. The summed E-state index contributed by atoms with van der Waals surface area (Å²) in [5, 5.41) is 10.4. The van der Waals surface area contributed by atoms with E-state index in [0.717, 1.165) is 5.69 Å². The molecule has 1 rings (SSSR count). The molecule has 3 heteroatoms. The first-order valence-electron chi connectivity index (χ1n) is 3.47. The molecule has 1 N–H and O–H groups in total. The topological polar surface area (TPSA) is 23.5 Å². The fraction of sp³-hybridized carbons (Fsp3) is 0.250. The predicted octanol–water partition coefficient (Wildman–Crippen LogP) is 2.02. The Hall–Kier alpha value is -0.590. The van der Waals surface area contributed by atoms with Crippen molar-refractivity contribution in [2.24, 2.45) is 0 Å². The molecule has 0 radical (unpaired) electrons. The van der Waals surface area contributed by atoms with E-state index in [0.29, 0.717) is 6.29 Å². The molecule has 0 aliphatic rings. The van der Waals surface area contributed by atoms with Gasteiger partial charge in [-0.15, -0.1) is 9.24 Å². The molecule has 0 aliphatic carbocycles. The molecule has 0 amide bonds. The SMILES string of the molecule is Cc1ccc(N(O)CP)cc1. The van der Waals surface area contributed by atoms with Gasteiger partial charge in [0.15, 0.2) is 0 Å². The van der Waals surface area contributed by atoms with E-state index in [-0.39, 0.29) is 0 Å². The van der Waals surface area contributed by atoms with Crippen molar-refractivity contribution in [2.45, 2.75) is 6.92 Å². The summed E-state index contributed by atoms with van der Waals surface area (Å²) in [7, 11) is 2.46. The summed E-state index contributed by atoms with van der Waals surface area (Å²) in [5.74, 6) is 0. The van der Waals surface area contributed by atoms with Crippen LogP contribution in [0.1, 0.15) is 5.56 Å². The lowest BCUT2D eigenvalue weighted by Gasteiger charge is -2.13. The highest BCUT2D eigenvalue weighted by Crippen LogP contribution is 2.13. The van der Waals surface area contributed by atoms with Gasteiger partial charge in [0.05, 0.1) is 12.0 Å². The van der Waals surface area contributed by atoms with Gasteiger partial charge in [0, 0.05) is 0 Å². The average Bonchev–Trinajstić information content (AvgIpc) is 2.05. The van der Waals surface area contributed by atoms with Crippen molar-refractivity contribution in [1.82, 2.24) is 0 Å². The second-order valence-electron chi connectivity index (χ2n) is 2.42. The summed E-state index contributed by atoms with van der Waals surface area (Å²) in [6.07, 6.45) is 0.531. The molecule has 0 aromatic heterocycles. The fourth-order valence-corrected chi connectivity index (χ4v) is 1.03. The zero-order valence-electron chi connectivity index (χ0n) is 6.49. The number of benzene rings is 1. The first-order valence-corrected chi connectivity index (χ1v) is 4.29. The molecular formula is C8H12NOP. The highest BCUT2D eigenvalue weighted by atomic mass is 31.0. The largest absolute Gasteiger partial charge is 0.288 e. The molecule has 0 saturated heterocycles. The van der Waals surface area contributed by atoms with E-state index in [9.17, 15) is 5.21 Å². The summed E-state index contributed by atoms with van der Waals surface area (Å²) in [4.78, 5) is 0. The second-order valence-corrected chi connectivity index (χ2v) is 2.78. The number of hydrogen-bond donors (Lipinski definition) is 1. The smallest absolute Gasteiger partial charge is 0.0638 e. The number of anilines is 1. The predicted molar refractivity (Wildman–Crippen MR) is 50.0 cm³/mol. The minimum absolute atomic E-state index is 0.531. The maximum absolute atomic E-state index is 9.23. The Labute approximate surface area is 69.0 Å². The monoisotopic (exact) mass is 169 g/mol. The zero-order valence-corrected chi connectivity index (χ0v) is 7.64. The zero-order chi connectivity index (χ0) is 8.27. The Morgan fingerprint density at radius 1 is 1.36 bits per heavy atom. The van der Waals surface area contributed by atoms with Gasteiger partial charge in [-0.25, -0.2) is 0 Å². The highest BCUT2D eigenvalue weighted by Gasteiger charge is 1.96. The Bertz CT molecular complexity index is 222.